The van der Waals surface area contributed by atoms with E-state index in [9.17, 15) is 4.79 Å². The smallest absolute Gasteiger partial charge is 0.307 e. The van der Waals surface area contributed by atoms with Crippen molar-refractivity contribution in [3.05, 3.63) is 35.2 Å². The molecule has 0 aromatic carbocycles. The first-order valence-electron chi connectivity index (χ1n) is 6.20. The van der Waals surface area contributed by atoms with Gasteiger partial charge in [0.1, 0.15) is 5.65 Å². The Bertz CT molecular complexity index is 625. The maximum Gasteiger partial charge on any atom is 0.307 e. The van der Waals surface area contributed by atoms with Crippen LogP contribution in [-0.2, 0) is 11.3 Å². The SMILES string of the molecule is O=C(O)[C@H]1CCN(Cc2cn3cc(Cl)ccc3n2)C1. The van der Waals surface area contributed by atoms with E-state index in [2.05, 4.69) is 9.88 Å². The van der Waals surface area contributed by atoms with Crippen LogP contribution in [0.25, 0.3) is 5.65 Å². The largest absolute Gasteiger partial charge is 0.481 e. The summed E-state index contributed by atoms with van der Waals surface area (Å²) in [5, 5.41) is 9.65. The lowest BCUT2D eigenvalue weighted by molar-refractivity contribution is -0.141. The molecule has 1 saturated heterocycles. The molecule has 1 aliphatic rings. The predicted octanol–water partition coefficient (Wildman–Crippen LogP) is 1.89. The minimum absolute atomic E-state index is 0.244. The molecule has 3 rings (SSSR count). The van der Waals surface area contributed by atoms with Gasteiger partial charge in [-0.2, -0.15) is 0 Å². The van der Waals surface area contributed by atoms with Crippen molar-refractivity contribution in [1.82, 2.24) is 14.3 Å². The molecule has 0 spiro atoms. The van der Waals surface area contributed by atoms with Gasteiger partial charge in [-0.25, -0.2) is 4.98 Å². The highest BCUT2D eigenvalue weighted by molar-refractivity contribution is 6.30. The van der Waals surface area contributed by atoms with Crippen molar-refractivity contribution < 1.29 is 9.90 Å². The van der Waals surface area contributed by atoms with E-state index in [1.807, 2.05) is 28.9 Å². The highest BCUT2D eigenvalue weighted by Crippen LogP contribution is 2.19. The summed E-state index contributed by atoms with van der Waals surface area (Å²) in [6.45, 7) is 2.10. The first-order valence-corrected chi connectivity index (χ1v) is 6.58. The first-order chi connectivity index (χ1) is 9.11. The molecular weight excluding hydrogens is 266 g/mol. The van der Waals surface area contributed by atoms with Crippen LogP contribution in [0.2, 0.25) is 5.02 Å². The maximum absolute atomic E-state index is 10.9. The van der Waals surface area contributed by atoms with Gasteiger partial charge in [0.25, 0.3) is 0 Å². The number of hydrogen-bond donors (Lipinski definition) is 1. The highest BCUT2D eigenvalue weighted by Gasteiger charge is 2.28. The van der Waals surface area contributed by atoms with Gasteiger partial charge in [-0.1, -0.05) is 11.6 Å². The molecule has 0 saturated carbocycles. The first kappa shape index (κ1) is 12.4. The number of imidazole rings is 1. The molecule has 0 bridgehead atoms. The second-order valence-electron chi connectivity index (χ2n) is 4.90. The van der Waals surface area contributed by atoms with Crippen LogP contribution in [0, 0.1) is 5.92 Å². The number of hydrogen-bond acceptors (Lipinski definition) is 3. The summed E-state index contributed by atoms with van der Waals surface area (Å²) in [7, 11) is 0. The molecule has 2 aromatic heterocycles. The Morgan fingerprint density at radius 2 is 2.32 bits per heavy atom. The highest BCUT2D eigenvalue weighted by atomic mass is 35.5. The van der Waals surface area contributed by atoms with E-state index < -0.39 is 5.97 Å². The van der Waals surface area contributed by atoms with Crippen LogP contribution in [0.5, 0.6) is 0 Å². The normalized spacial score (nSPS) is 20.2. The number of aliphatic carboxylic acids is 1. The zero-order valence-corrected chi connectivity index (χ0v) is 11.0. The van der Waals surface area contributed by atoms with Crippen LogP contribution in [0.15, 0.2) is 24.5 Å². The molecule has 0 unspecified atom stereocenters. The summed E-state index contributed by atoms with van der Waals surface area (Å²) >= 11 is 5.93. The number of pyridine rings is 1. The third-order valence-corrected chi connectivity index (χ3v) is 3.70. The summed E-state index contributed by atoms with van der Waals surface area (Å²) in [5.74, 6) is -0.948. The van der Waals surface area contributed by atoms with Crippen molar-refractivity contribution in [2.45, 2.75) is 13.0 Å². The molecule has 3 heterocycles. The second-order valence-corrected chi connectivity index (χ2v) is 5.34. The Balaban J connectivity index is 1.73. The second kappa shape index (κ2) is 4.83. The average Bonchev–Trinajstić information content (AvgIpc) is 2.95. The number of nitrogens with zero attached hydrogens (tertiary/aromatic N) is 3. The fraction of sp³-hybridized carbons (Fsp3) is 0.385. The molecule has 0 radical (unpaired) electrons. The van der Waals surface area contributed by atoms with E-state index in [4.69, 9.17) is 16.7 Å². The third kappa shape index (κ3) is 2.57. The Morgan fingerprint density at radius 1 is 1.47 bits per heavy atom. The number of aromatic nitrogens is 2. The lowest BCUT2D eigenvalue weighted by atomic mass is 10.1. The number of rotatable bonds is 3. The number of likely N-dealkylation sites (tertiary alicyclic amines) is 1. The molecule has 6 heteroatoms. The standard InChI is InChI=1S/C13H14ClN3O2/c14-10-1-2-12-15-11(8-17(12)6-10)7-16-4-3-9(5-16)13(18)19/h1-2,6,8-9H,3-5,7H2,(H,18,19)/t9-/m0/s1. The minimum Gasteiger partial charge on any atom is -0.481 e. The van der Waals surface area contributed by atoms with E-state index in [0.29, 0.717) is 24.5 Å². The van der Waals surface area contributed by atoms with Gasteiger partial charge in [-0.05, 0) is 25.1 Å². The fourth-order valence-corrected chi connectivity index (χ4v) is 2.67. The van der Waals surface area contributed by atoms with Gasteiger partial charge in [0, 0.05) is 25.5 Å². The molecule has 1 aliphatic heterocycles. The molecule has 1 atom stereocenters. The van der Waals surface area contributed by atoms with Crippen LogP contribution in [0.1, 0.15) is 12.1 Å². The lowest BCUT2D eigenvalue weighted by Crippen LogP contribution is -2.22. The summed E-state index contributed by atoms with van der Waals surface area (Å²) in [6.07, 6.45) is 4.47. The Kier molecular flexibility index (Phi) is 3.16. The fourth-order valence-electron chi connectivity index (χ4n) is 2.50. The molecule has 1 N–H and O–H groups in total. The third-order valence-electron chi connectivity index (χ3n) is 3.47. The number of carbonyl (C=O) groups is 1. The number of halogens is 1. The zero-order valence-electron chi connectivity index (χ0n) is 10.3. The van der Waals surface area contributed by atoms with Crippen LogP contribution in [-0.4, -0.2) is 38.4 Å². The van der Waals surface area contributed by atoms with E-state index in [-0.39, 0.29) is 5.92 Å². The Morgan fingerprint density at radius 3 is 3.05 bits per heavy atom. The monoisotopic (exact) mass is 279 g/mol. The van der Waals surface area contributed by atoms with Crippen molar-refractivity contribution in [3.63, 3.8) is 0 Å². The van der Waals surface area contributed by atoms with Gasteiger partial charge in [0.05, 0.1) is 16.6 Å². The van der Waals surface area contributed by atoms with E-state index >= 15 is 0 Å². The van der Waals surface area contributed by atoms with E-state index in [1.54, 1.807) is 0 Å². The van der Waals surface area contributed by atoms with Gasteiger partial charge < -0.3 is 9.51 Å². The van der Waals surface area contributed by atoms with Crippen molar-refractivity contribution in [3.8, 4) is 0 Å². The molecule has 2 aromatic rings. The number of fused-ring (bicyclic) bond motifs is 1. The quantitative estimate of drug-likeness (QED) is 0.932. The summed E-state index contributed by atoms with van der Waals surface area (Å²) in [5.41, 5.74) is 1.79. The van der Waals surface area contributed by atoms with Crippen LogP contribution in [0.4, 0.5) is 0 Å². The van der Waals surface area contributed by atoms with Crippen LogP contribution >= 0.6 is 11.6 Å². The topological polar surface area (TPSA) is 57.8 Å². The molecule has 19 heavy (non-hydrogen) atoms. The zero-order chi connectivity index (χ0) is 13.4. The van der Waals surface area contributed by atoms with Crippen molar-refractivity contribution in [1.29, 1.82) is 0 Å². The molecule has 5 nitrogen and oxygen atoms in total. The van der Waals surface area contributed by atoms with Gasteiger partial charge in [-0.3, -0.25) is 9.69 Å². The molecular formula is C13H14ClN3O2. The van der Waals surface area contributed by atoms with Gasteiger partial charge >= 0.3 is 5.97 Å². The minimum atomic E-state index is -0.704. The number of carboxylic acid groups (broad SMARTS) is 1. The van der Waals surface area contributed by atoms with Gasteiger partial charge in [0.15, 0.2) is 0 Å². The molecule has 0 amide bonds. The van der Waals surface area contributed by atoms with E-state index in [0.717, 1.165) is 17.9 Å². The molecule has 1 fully saturated rings. The summed E-state index contributed by atoms with van der Waals surface area (Å²) in [6, 6.07) is 3.68. The average molecular weight is 280 g/mol. The van der Waals surface area contributed by atoms with E-state index in [1.165, 1.54) is 0 Å². The van der Waals surface area contributed by atoms with Crippen molar-refractivity contribution in [2.75, 3.05) is 13.1 Å². The summed E-state index contributed by atoms with van der Waals surface area (Å²) in [4.78, 5) is 17.5. The van der Waals surface area contributed by atoms with Crippen molar-refractivity contribution in [2.24, 2.45) is 5.92 Å². The maximum atomic E-state index is 10.9. The number of carboxylic acids is 1. The molecule has 100 valence electrons. The Hall–Kier alpha value is -1.59. The van der Waals surface area contributed by atoms with Gasteiger partial charge in [-0.15, -0.1) is 0 Å². The molecule has 0 aliphatic carbocycles. The van der Waals surface area contributed by atoms with Crippen LogP contribution < -0.4 is 0 Å². The summed E-state index contributed by atoms with van der Waals surface area (Å²) < 4.78 is 1.89. The lowest BCUT2D eigenvalue weighted by Gasteiger charge is -2.12. The van der Waals surface area contributed by atoms with Crippen molar-refractivity contribution >= 4 is 23.2 Å². The predicted molar refractivity (Wildman–Crippen MR) is 71.2 cm³/mol. The van der Waals surface area contributed by atoms with Gasteiger partial charge in [0.2, 0.25) is 0 Å². The van der Waals surface area contributed by atoms with Crippen LogP contribution in [0.3, 0.4) is 0 Å². The Labute approximate surface area is 115 Å².